The van der Waals surface area contributed by atoms with E-state index in [1.165, 1.54) is 16.0 Å². The average molecular weight is 252 g/mol. The van der Waals surface area contributed by atoms with Crippen LogP contribution in [0.5, 0.6) is 0 Å². The van der Waals surface area contributed by atoms with Gasteiger partial charge in [0.15, 0.2) is 0 Å². The molecule has 0 bridgehead atoms. The van der Waals surface area contributed by atoms with E-state index in [0.29, 0.717) is 0 Å². The Kier molecular flexibility index (Phi) is 4.86. The molecule has 0 fully saturated rings. The van der Waals surface area contributed by atoms with Crippen molar-refractivity contribution >= 4 is 17.8 Å². The van der Waals surface area contributed by atoms with Gasteiger partial charge in [0.2, 0.25) is 0 Å². The van der Waals surface area contributed by atoms with Crippen LogP contribution in [0, 0.1) is 0 Å². The summed E-state index contributed by atoms with van der Waals surface area (Å²) in [6, 6.07) is 20.8. The molecule has 0 radical (unpaired) electrons. The molecule has 0 N–H and O–H groups in total. The van der Waals surface area contributed by atoms with Gasteiger partial charge in [0.25, 0.3) is 0 Å². The highest BCUT2D eigenvalue weighted by Crippen LogP contribution is 2.21. The summed E-state index contributed by atoms with van der Waals surface area (Å²) in [4.78, 5) is 1.29. The molecule has 0 aliphatic heterocycles. The van der Waals surface area contributed by atoms with E-state index >= 15 is 0 Å². The van der Waals surface area contributed by atoms with Crippen molar-refractivity contribution in [3.63, 3.8) is 0 Å². The van der Waals surface area contributed by atoms with E-state index in [-0.39, 0.29) is 0 Å². The highest BCUT2D eigenvalue weighted by atomic mass is 32.2. The van der Waals surface area contributed by atoms with Crippen LogP contribution in [0.2, 0.25) is 0 Å². The molecule has 0 aliphatic rings. The van der Waals surface area contributed by atoms with Gasteiger partial charge in [-0.3, -0.25) is 0 Å². The van der Waals surface area contributed by atoms with Crippen LogP contribution >= 0.6 is 11.8 Å². The minimum Gasteiger partial charge on any atom is -0.121 e. The van der Waals surface area contributed by atoms with Crippen LogP contribution in [-0.2, 0) is 0 Å². The molecule has 0 aromatic heterocycles. The molecule has 2 aromatic rings. The maximum Gasteiger partial charge on any atom is 0.0231 e. The zero-order valence-electron chi connectivity index (χ0n) is 10.3. The summed E-state index contributed by atoms with van der Waals surface area (Å²) >= 11 is 1.83. The fourth-order valence-electron chi connectivity index (χ4n) is 1.61. The highest BCUT2D eigenvalue weighted by molar-refractivity contribution is 7.99. The first-order chi connectivity index (χ1) is 8.88. The minimum atomic E-state index is 0.947. The second-order valence-corrected chi connectivity index (χ2v) is 4.98. The summed E-state index contributed by atoms with van der Waals surface area (Å²) in [7, 11) is 0. The van der Waals surface area contributed by atoms with E-state index in [2.05, 4.69) is 61.2 Å². The van der Waals surface area contributed by atoms with Crippen molar-refractivity contribution in [1.82, 2.24) is 0 Å². The van der Waals surface area contributed by atoms with E-state index in [1.807, 2.05) is 30.0 Å². The van der Waals surface area contributed by atoms with E-state index in [9.17, 15) is 0 Å². The van der Waals surface area contributed by atoms with Crippen molar-refractivity contribution < 1.29 is 0 Å². The Labute approximate surface area is 113 Å². The van der Waals surface area contributed by atoms with Crippen LogP contribution in [0.1, 0.15) is 5.56 Å². The molecule has 0 saturated carbocycles. The molecule has 0 nitrogen and oxygen atoms in total. The second kappa shape index (κ2) is 6.87. The molecule has 18 heavy (non-hydrogen) atoms. The van der Waals surface area contributed by atoms with Crippen LogP contribution in [0.25, 0.3) is 6.08 Å². The smallest absolute Gasteiger partial charge is 0.0231 e. The zero-order chi connectivity index (χ0) is 12.6. The quantitative estimate of drug-likeness (QED) is 0.530. The summed E-state index contributed by atoms with van der Waals surface area (Å²) < 4.78 is 0. The summed E-state index contributed by atoms with van der Waals surface area (Å²) in [6.45, 7) is 3.89. The lowest BCUT2D eigenvalue weighted by Gasteiger charge is -2.03. The fourth-order valence-corrected chi connectivity index (χ4v) is 2.49. The predicted octanol–water partition coefficient (Wildman–Crippen LogP) is 5.05. The number of rotatable bonds is 5. The molecule has 90 valence electrons. The molecule has 0 aliphatic carbocycles. The topological polar surface area (TPSA) is 0 Å². The van der Waals surface area contributed by atoms with Crippen molar-refractivity contribution in [2.75, 3.05) is 5.75 Å². The second-order valence-electron chi connectivity index (χ2n) is 3.94. The largest absolute Gasteiger partial charge is 0.121 e. The Morgan fingerprint density at radius 3 is 2.17 bits per heavy atom. The predicted molar refractivity (Wildman–Crippen MR) is 81.8 cm³/mol. The molecule has 0 atom stereocenters. The van der Waals surface area contributed by atoms with Gasteiger partial charge in [-0.25, -0.2) is 0 Å². The molecule has 2 aromatic carbocycles. The number of hydrogen-bond acceptors (Lipinski definition) is 1. The summed E-state index contributed by atoms with van der Waals surface area (Å²) in [5, 5.41) is 0. The lowest BCUT2D eigenvalue weighted by molar-refractivity contribution is 1.45. The van der Waals surface area contributed by atoms with E-state index < -0.39 is 0 Å². The maximum absolute atomic E-state index is 3.89. The third-order valence-electron chi connectivity index (χ3n) is 2.56. The Bertz CT molecular complexity index is 512. The normalized spacial score (nSPS) is 11.2. The van der Waals surface area contributed by atoms with Crippen molar-refractivity contribution in [1.29, 1.82) is 0 Å². The van der Waals surface area contributed by atoms with Gasteiger partial charge in [-0.2, -0.15) is 0 Å². The first-order valence-corrected chi connectivity index (χ1v) is 6.93. The third kappa shape index (κ3) is 3.94. The molecule has 2 rings (SSSR count). The van der Waals surface area contributed by atoms with Gasteiger partial charge in [-0.05, 0) is 23.3 Å². The van der Waals surface area contributed by atoms with Crippen LogP contribution in [0.4, 0.5) is 0 Å². The van der Waals surface area contributed by atoms with Crippen molar-refractivity contribution in [3.8, 4) is 0 Å². The standard InChI is InChI=1S/C17H16S/c1-2-15(13-16-9-5-3-6-10-16)14-18-17-11-7-4-8-12-17/h2-13H,1,14H2/b15-13+. The van der Waals surface area contributed by atoms with Gasteiger partial charge in [0.05, 0.1) is 0 Å². The van der Waals surface area contributed by atoms with Crippen molar-refractivity contribution in [3.05, 3.63) is 84.5 Å². The van der Waals surface area contributed by atoms with E-state index in [4.69, 9.17) is 0 Å². The summed E-state index contributed by atoms with van der Waals surface area (Å²) in [5.74, 6) is 0.947. The number of allylic oxidation sites excluding steroid dienone is 1. The Balaban J connectivity index is 2.02. The first-order valence-electron chi connectivity index (χ1n) is 5.94. The minimum absolute atomic E-state index is 0.947. The molecular formula is C17H16S. The van der Waals surface area contributed by atoms with Gasteiger partial charge in [0.1, 0.15) is 0 Å². The average Bonchev–Trinajstić information content (AvgIpc) is 2.45. The Morgan fingerprint density at radius 2 is 1.56 bits per heavy atom. The maximum atomic E-state index is 3.89. The van der Waals surface area contributed by atoms with Crippen molar-refractivity contribution in [2.45, 2.75) is 4.90 Å². The van der Waals surface area contributed by atoms with Gasteiger partial charge < -0.3 is 0 Å². The molecule has 0 heterocycles. The Hall–Kier alpha value is -1.73. The zero-order valence-corrected chi connectivity index (χ0v) is 11.1. The molecule has 0 unspecified atom stereocenters. The summed E-state index contributed by atoms with van der Waals surface area (Å²) in [6.07, 6.45) is 4.12. The van der Waals surface area contributed by atoms with Gasteiger partial charge in [-0.15, -0.1) is 11.8 Å². The van der Waals surface area contributed by atoms with Crippen LogP contribution < -0.4 is 0 Å². The van der Waals surface area contributed by atoms with Gasteiger partial charge >= 0.3 is 0 Å². The number of thioether (sulfide) groups is 1. The molecule has 0 saturated heterocycles. The third-order valence-corrected chi connectivity index (χ3v) is 3.65. The van der Waals surface area contributed by atoms with E-state index in [0.717, 1.165) is 5.75 Å². The molecular weight excluding hydrogens is 236 g/mol. The van der Waals surface area contributed by atoms with Gasteiger partial charge in [-0.1, -0.05) is 67.3 Å². The SMILES string of the molecule is C=C/C(=C\c1ccccc1)CSc1ccccc1. The first kappa shape index (κ1) is 12.7. The fraction of sp³-hybridized carbons (Fsp3) is 0.0588. The van der Waals surface area contributed by atoms with Crippen LogP contribution in [0.15, 0.2) is 83.8 Å². The molecule has 1 heteroatoms. The number of hydrogen-bond donors (Lipinski definition) is 0. The van der Waals surface area contributed by atoms with Crippen LogP contribution in [0.3, 0.4) is 0 Å². The number of benzene rings is 2. The highest BCUT2D eigenvalue weighted by Gasteiger charge is 1.96. The van der Waals surface area contributed by atoms with Gasteiger partial charge in [0, 0.05) is 10.6 Å². The van der Waals surface area contributed by atoms with Crippen molar-refractivity contribution in [2.24, 2.45) is 0 Å². The monoisotopic (exact) mass is 252 g/mol. The lowest BCUT2D eigenvalue weighted by atomic mass is 10.1. The Morgan fingerprint density at radius 1 is 0.944 bits per heavy atom. The lowest BCUT2D eigenvalue weighted by Crippen LogP contribution is -1.84. The van der Waals surface area contributed by atoms with E-state index in [1.54, 1.807) is 0 Å². The summed E-state index contributed by atoms with van der Waals surface area (Å²) in [5.41, 5.74) is 2.47. The molecule has 0 spiro atoms. The molecule has 0 amide bonds. The van der Waals surface area contributed by atoms with Crippen LogP contribution in [-0.4, -0.2) is 5.75 Å².